The normalized spacial score (nSPS) is 12.9. The molecule has 0 fully saturated rings. The zero-order chi connectivity index (χ0) is 22.4. The first-order valence-electron chi connectivity index (χ1n) is 9.76. The van der Waals surface area contributed by atoms with Gasteiger partial charge in [-0.2, -0.15) is 0 Å². The van der Waals surface area contributed by atoms with Crippen LogP contribution in [0.4, 0.5) is 4.79 Å². The lowest BCUT2D eigenvalue weighted by atomic mass is 9.98. The van der Waals surface area contributed by atoms with Crippen LogP contribution >= 0.6 is 0 Å². The van der Waals surface area contributed by atoms with Crippen molar-refractivity contribution < 1.29 is 29.1 Å². The van der Waals surface area contributed by atoms with Crippen LogP contribution in [0, 0.1) is 0 Å². The molecule has 0 spiro atoms. The van der Waals surface area contributed by atoms with Crippen LogP contribution in [0.3, 0.4) is 0 Å². The summed E-state index contributed by atoms with van der Waals surface area (Å²) in [6.07, 6.45) is -1.50. The topological polar surface area (TPSA) is 114 Å². The van der Waals surface area contributed by atoms with Crippen LogP contribution in [-0.4, -0.2) is 42.3 Å². The Bertz CT molecular complexity index is 958. The number of carboxylic acids is 1. The molecule has 2 aromatic carbocycles. The molecular weight excluding hydrogens is 400 g/mol. The minimum Gasteiger partial charge on any atom is -0.481 e. The largest absolute Gasteiger partial charge is 0.481 e. The molecule has 0 bridgehead atoms. The lowest BCUT2D eigenvalue weighted by Gasteiger charge is -2.18. The van der Waals surface area contributed by atoms with Crippen molar-refractivity contribution in [2.75, 3.05) is 13.2 Å². The first-order valence-corrected chi connectivity index (χ1v) is 9.76. The summed E-state index contributed by atoms with van der Waals surface area (Å²) in [7, 11) is 0. The van der Waals surface area contributed by atoms with E-state index in [0.717, 1.165) is 22.3 Å². The lowest BCUT2D eigenvalue weighted by Crippen LogP contribution is -2.48. The Morgan fingerprint density at radius 3 is 2.19 bits per heavy atom. The summed E-state index contributed by atoms with van der Waals surface area (Å²) in [4.78, 5) is 40.6. The minimum absolute atomic E-state index is 0.0490. The van der Waals surface area contributed by atoms with Crippen molar-refractivity contribution in [3.8, 4) is 11.1 Å². The maximum Gasteiger partial charge on any atom is 0.407 e. The number of rotatable bonds is 9. The van der Waals surface area contributed by atoms with Gasteiger partial charge in [-0.3, -0.25) is 14.4 Å². The van der Waals surface area contributed by atoms with Gasteiger partial charge < -0.3 is 15.2 Å². The molecule has 3 N–H and O–H groups in total. The molecule has 0 saturated carbocycles. The maximum absolute atomic E-state index is 12.3. The van der Waals surface area contributed by atoms with Gasteiger partial charge in [0.25, 0.3) is 5.91 Å². The second-order valence-corrected chi connectivity index (χ2v) is 7.33. The molecule has 0 saturated heterocycles. The summed E-state index contributed by atoms with van der Waals surface area (Å²) in [5.74, 6) is -2.19. The Morgan fingerprint density at radius 1 is 1.06 bits per heavy atom. The van der Waals surface area contributed by atoms with Gasteiger partial charge in [-0.1, -0.05) is 60.7 Å². The Hall–Kier alpha value is -3.65. The van der Waals surface area contributed by atoms with Crippen molar-refractivity contribution in [3.05, 3.63) is 71.8 Å². The standard InChI is InChI=1S/C23H24N2O6/c1-14(2)12-31-25-22(28)20(11-21(26)27)24-23(29)30-13-19-17-9-5-3-7-15(17)16-8-4-6-10-18(16)19/h3-10,19-20H,1,11-13H2,2H3,(H,24,29)(H,25,28)(H,26,27). The van der Waals surface area contributed by atoms with Gasteiger partial charge in [-0.15, -0.1) is 0 Å². The molecule has 1 aliphatic carbocycles. The summed E-state index contributed by atoms with van der Waals surface area (Å²) < 4.78 is 5.37. The maximum atomic E-state index is 12.3. The fraction of sp³-hybridized carbons (Fsp3) is 0.261. The predicted octanol–water partition coefficient (Wildman–Crippen LogP) is 2.99. The van der Waals surface area contributed by atoms with Crippen LogP contribution < -0.4 is 10.8 Å². The van der Waals surface area contributed by atoms with Crippen LogP contribution in [-0.2, 0) is 19.2 Å². The van der Waals surface area contributed by atoms with Crippen LogP contribution in [0.1, 0.15) is 30.4 Å². The summed E-state index contributed by atoms with van der Waals surface area (Å²) in [6, 6.07) is 14.4. The number of amides is 2. The Balaban J connectivity index is 1.63. The average molecular weight is 424 g/mol. The summed E-state index contributed by atoms with van der Waals surface area (Å²) in [5, 5.41) is 11.4. The van der Waals surface area contributed by atoms with Gasteiger partial charge in [0.2, 0.25) is 0 Å². The van der Waals surface area contributed by atoms with Gasteiger partial charge in [-0.05, 0) is 29.2 Å². The van der Waals surface area contributed by atoms with Gasteiger partial charge >= 0.3 is 12.1 Å². The average Bonchev–Trinajstić information content (AvgIpc) is 3.05. The molecule has 2 amide bonds. The van der Waals surface area contributed by atoms with E-state index in [-0.39, 0.29) is 19.1 Å². The van der Waals surface area contributed by atoms with Crippen molar-refractivity contribution in [2.45, 2.75) is 25.3 Å². The zero-order valence-electron chi connectivity index (χ0n) is 17.1. The number of alkyl carbamates (subject to hydrolysis) is 1. The molecule has 162 valence electrons. The van der Waals surface area contributed by atoms with Crippen LogP contribution in [0.15, 0.2) is 60.7 Å². The number of carbonyl (C=O) groups excluding carboxylic acids is 2. The highest BCUT2D eigenvalue weighted by Gasteiger charge is 2.30. The fourth-order valence-corrected chi connectivity index (χ4v) is 3.47. The van der Waals surface area contributed by atoms with E-state index in [2.05, 4.69) is 17.4 Å². The van der Waals surface area contributed by atoms with E-state index in [0.29, 0.717) is 5.57 Å². The van der Waals surface area contributed by atoms with Crippen molar-refractivity contribution in [2.24, 2.45) is 0 Å². The molecule has 8 heteroatoms. The van der Waals surface area contributed by atoms with E-state index in [1.54, 1.807) is 6.92 Å². The van der Waals surface area contributed by atoms with E-state index in [9.17, 15) is 14.4 Å². The second kappa shape index (κ2) is 9.90. The minimum atomic E-state index is -1.35. The second-order valence-electron chi connectivity index (χ2n) is 7.33. The molecule has 31 heavy (non-hydrogen) atoms. The molecule has 1 unspecified atom stereocenters. The highest BCUT2D eigenvalue weighted by molar-refractivity contribution is 5.88. The molecular formula is C23H24N2O6. The lowest BCUT2D eigenvalue weighted by molar-refractivity contribution is -0.143. The predicted molar refractivity (Wildman–Crippen MR) is 113 cm³/mol. The van der Waals surface area contributed by atoms with E-state index >= 15 is 0 Å². The van der Waals surface area contributed by atoms with Crippen molar-refractivity contribution in [3.63, 3.8) is 0 Å². The van der Waals surface area contributed by atoms with Gasteiger partial charge in [0.05, 0.1) is 13.0 Å². The SMILES string of the molecule is C=C(C)CONC(=O)C(CC(=O)O)NC(=O)OCC1c2ccccc2-c2ccccc21. The van der Waals surface area contributed by atoms with E-state index in [4.69, 9.17) is 14.7 Å². The monoisotopic (exact) mass is 424 g/mol. The third-order valence-corrected chi connectivity index (χ3v) is 4.82. The van der Waals surface area contributed by atoms with Gasteiger partial charge in [0.1, 0.15) is 12.6 Å². The molecule has 0 heterocycles. The van der Waals surface area contributed by atoms with E-state index in [1.807, 2.05) is 48.5 Å². The van der Waals surface area contributed by atoms with Crippen LogP contribution in [0.25, 0.3) is 11.1 Å². The Kier molecular flexibility index (Phi) is 7.04. The van der Waals surface area contributed by atoms with Crippen LogP contribution in [0.2, 0.25) is 0 Å². The first-order chi connectivity index (χ1) is 14.9. The molecule has 1 atom stereocenters. The van der Waals surface area contributed by atoms with Gasteiger partial charge in [0.15, 0.2) is 0 Å². The Labute approximate surface area is 179 Å². The van der Waals surface area contributed by atoms with Gasteiger partial charge in [-0.25, -0.2) is 10.3 Å². The molecule has 0 aliphatic heterocycles. The highest BCUT2D eigenvalue weighted by atomic mass is 16.7. The number of hydroxylamine groups is 1. The van der Waals surface area contributed by atoms with Crippen molar-refractivity contribution in [1.29, 1.82) is 0 Å². The zero-order valence-corrected chi connectivity index (χ0v) is 17.1. The van der Waals surface area contributed by atoms with Crippen molar-refractivity contribution >= 4 is 18.0 Å². The number of aliphatic carboxylic acids is 1. The molecule has 1 aliphatic rings. The third-order valence-electron chi connectivity index (χ3n) is 4.82. The number of hydrogen-bond donors (Lipinski definition) is 3. The Morgan fingerprint density at radius 2 is 1.65 bits per heavy atom. The summed E-state index contributed by atoms with van der Waals surface area (Å²) in [6.45, 7) is 5.45. The van der Waals surface area contributed by atoms with Gasteiger partial charge in [0, 0.05) is 5.92 Å². The number of hydrogen-bond acceptors (Lipinski definition) is 5. The molecule has 8 nitrogen and oxygen atoms in total. The quantitative estimate of drug-likeness (QED) is 0.421. The highest BCUT2D eigenvalue weighted by Crippen LogP contribution is 2.44. The fourth-order valence-electron chi connectivity index (χ4n) is 3.47. The molecule has 2 aromatic rings. The van der Waals surface area contributed by atoms with E-state index in [1.165, 1.54) is 0 Å². The number of carbonyl (C=O) groups is 3. The number of nitrogens with one attached hydrogen (secondary N) is 2. The van der Waals surface area contributed by atoms with E-state index < -0.39 is 30.4 Å². The molecule has 0 radical (unpaired) electrons. The number of fused-ring (bicyclic) bond motifs is 3. The first kappa shape index (κ1) is 22.0. The number of ether oxygens (including phenoxy) is 1. The summed E-state index contributed by atoms with van der Waals surface area (Å²) in [5.41, 5.74) is 7.05. The number of benzene rings is 2. The smallest absolute Gasteiger partial charge is 0.407 e. The van der Waals surface area contributed by atoms with Crippen LogP contribution in [0.5, 0.6) is 0 Å². The summed E-state index contributed by atoms with van der Waals surface area (Å²) >= 11 is 0. The van der Waals surface area contributed by atoms with Crippen molar-refractivity contribution in [1.82, 2.24) is 10.8 Å². The third kappa shape index (κ3) is 5.49. The molecule has 0 aromatic heterocycles. The molecule has 3 rings (SSSR count). The number of carboxylic acid groups (broad SMARTS) is 1.